The van der Waals surface area contributed by atoms with Gasteiger partial charge in [0, 0.05) is 10.0 Å². The van der Waals surface area contributed by atoms with Crippen LogP contribution in [0, 0.1) is 0 Å². The lowest BCUT2D eigenvalue weighted by Gasteiger charge is -2.13. The standard InChI is InChI=1S/C9H10Cl2N4/c1-2-15-13-9(12-14-15)6-3-7(10)5-8(11)4-6/h3-5,9,13H,2H2,1H3. The first kappa shape index (κ1) is 10.7. The second-order valence-electron chi connectivity index (χ2n) is 3.16. The third-order valence-electron chi connectivity index (χ3n) is 2.05. The lowest BCUT2D eigenvalue weighted by atomic mass is 10.2. The summed E-state index contributed by atoms with van der Waals surface area (Å²) in [7, 11) is 0. The number of nitrogens with one attached hydrogen (secondary N) is 1. The molecule has 0 spiro atoms. The molecule has 1 heterocycles. The Labute approximate surface area is 97.8 Å². The zero-order valence-corrected chi connectivity index (χ0v) is 9.63. The van der Waals surface area contributed by atoms with Crippen molar-refractivity contribution < 1.29 is 0 Å². The molecule has 1 unspecified atom stereocenters. The normalized spacial score (nSPS) is 19.9. The highest BCUT2D eigenvalue weighted by atomic mass is 35.5. The number of hydrogen-bond donors (Lipinski definition) is 1. The Morgan fingerprint density at radius 3 is 2.53 bits per heavy atom. The Balaban J connectivity index is 2.21. The van der Waals surface area contributed by atoms with E-state index in [2.05, 4.69) is 15.8 Å². The van der Waals surface area contributed by atoms with Gasteiger partial charge in [-0.1, -0.05) is 28.4 Å². The van der Waals surface area contributed by atoms with Gasteiger partial charge in [0.2, 0.25) is 0 Å². The summed E-state index contributed by atoms with van der Waals surface area (Å²) in [5.41, 5.74) is 4.00. The summed E-state index contributed by atoms with van der Waals surface area (Å²) < 4.78 is 0. The average molecular weight is 245 g/mol. The molecular weight excluding hydrogens is 235 g/mol. The fourth-order valence-electron chi connectivity index (χ4n) is 1.34. The maximum absolute atomic E-state index is 5.90. The third-order valence-corrected chi connectivity index (χ3v) is 2.48. The van der Waals surface area contributed by atoms with Gasteiger partial charge >= 0.3 is 0 Å². The topological polar surface area (TPSA) is 40.0 Å². The van der Waals surface area contributed by atoms with Crippen LogP contribution in [-0.4, -0.2) is 11.7 Å². The van der Waals surface area contributed by atoms with Crippen LogP contribution in [-0.2, 0) is 0 Å². The van der Waals surface area contributed by atoms with Gasteiger partial charge in [-0.25, -0.2) is 5.12 Å². The van der Waals surface area contributed by atoms with Crippen LogP contribution in [0.15, 0.2) is 28.5 Å². The summed E-state index contributed by atoms with van der Waals surface area (Å²) >= 11 is 11.8. The number of hydrazine groups is 1. The summed E-state index contributed by atoms with van der Waals surface area (Å²) in [4.78, 5) is 0. The fraction of sp³-hybridized carbons (Fsp3) is 0.333. The number of halogens is 2. The zero-order chi connectivity index (χ0) is 10.8. The van der Waals surface area contributed by atoms with Gasteiger partial charge in [-0.15, -0.1) is 5.11 Å². The maximum Gasteiger partial charge on any atom is 0.166 e. The molecule has 0 radical (unpaired) electrons. The van der Waals surface area contributed by atoms with E-state index < -0.39 is 0 Å². The molecule has 1 aliphatic heterocycles. The largest absolute Gasteiger partial charge is 0.209 e. The van der Waals surface area contributed by atoms with Gasteiger partial charge in [0.15, 0.2) is 6.17 Å². The lowest BCUT2D eigenvalue weighted by Crippen LogP contribution is -2.30. The lowest BCUT2D eigenvalue weighted by molar-refractivity contribution is 0.221. The first-order valence-corrected chi connectivity index (χ1v) is 5.35. The number of nitrogens with zero attached hydrogens (tertiary/aromatic N) is 3. The summed E-state index contributed by atoms with van der Waals surface area (Å²) in [6, 6.07) is 5.34. The molecule has 1 aromatic carbocycles. The fourth-order valence-corrected chi connectivity index (χ4v) is 1.88. The van der Waals surface area contributed by atoms with Crippen molar-refractivity contribution in [1.82, 2.24) is 10.5 Å². The van der Waals surface area contributed by atoms with E-state index in [-0.39, 0.29) is 6.17 Å². The molecule has 0 aromatic heterocycles. The van der Waals surface area contributed by atoms with Gasteiger partial charge in [-0.05, 0) is 30.7 Å². The van der Waals surface area contributed by atoms with Crippen molar-refractivity contribution in [3.05, 3.63) is 33.8 Å². The molecule has 0 fully saturated rings. The van der Waals surface area contributed by atoms with E-state index in [9.17, 15) is 0 Å². The highest BCUT2D eigenvalue weighted by molar-refractivity contribution is 6.34. The molecule has 80 valence electrons. The second-order valence-corrected chi connectivity index (χ2v) is 4.03. The predicted molar refractivity (Wildman–Crippen MR) is 59.6 cm³/mol. The van der Waals surface area contributed by atoms with Crippen molar-refractivity contribution in [1.29, 1.82) is 0 Å². The first-order chi connectivity index (χ1) is 7.19. The Hall–Kier alpha value is -0.840. The molecule has 15 heavy (non-hydrogen) atoms. The van der Waals surface area contributed by atoms with Crippen molar-refractivity contribution in [2.24, 2.45) is 10.3 Å². The Morgan fingerprint density at radius 2 is 2.00 bits per heavy atom. The summed E-state index contributed by atoms with van der Waals surface area (Å²) in [6.45, 7) is 2.74. The SMILES string of the molecule is CCN1N=NC(c2cc(Cl)cc(Cl)c2)N1. The Morgan fingerprint density at radius 1 is 1.33 bits per heavy atom. The highest BCUT2D eigenvalue weighted by Gasteiger charge is 2.19. The van der Waals surface area contributed by atoms with Gasteiger partial charge in [0.05, 0.1) is 6.54 Å². The molecule has 0 bridgehead atoms. The minimum absolute atomic E-state index is 0.193. The molecule has 0 amide bonds. The van der Waals surface area contributed by atoms with Crippen molar-refractivity contribution in [3.8, 4) is 0 Å². The third kappa shape index (κ3) is 2.40. The molecule has 1 aromatic rings. The number of hydrogen-bond acceptors (Lipinski definition) is 4. The molecule has 0 saturated carbocycles. The highest BCUT2D eigenvalue weighted by Crippen LogP contribution is 2.26. The molecule has 1 aliphatic rings. The van der Waals surface area contributed by atoms with E-state index in [0.717, 1.165) is 12.1 Å². The van der Waals surface area contributed by atoms with Gasteiger partial charge in [0.1, 0.15) is 0 Å². The van der Waals surface area contributed by atoms with E-state index in [4.69, 9.17) is 23.2 Å². The van der Waals surface area contributed by atoms with E-state index >= 15 is 0 Å². The van der Waals surface area contributed by atoms with Gasteiger partial charge in [0.25, 0.3) is 0 Å². The second kappa shape index (κ2) is 4.35. The maximum atomic E-state index is 5.90. The molecule has 4 nitrogen and oxygen atoms in total. The smallest absolute Gasteiger partial charge is 0.166 e. The van der Waals surface area contributed by atoms with Crippen LogP contribution in [0.25, 0.3) is 0 Å². The molecule has 1 N–H and O–H groups in total. The van der Waals surface area contributed by atoms with E-state index in [1.807, 2.05) is 19.1 Å². The number of rotatable bonds is 2. The van der Waals surface area contributed by atoms with Crippen molar-refractivity contribution >= 4 is 23.2 Å². The first-order valence-electron chi connectivity index (χ1n) is 4.59. The molecule has 1 atom stereocenters. The van der Waals surface area contributed by atoms with Crippen LogP contribution >= 0.6 is 23.2 Å². The van der Waals surface area contributed by atoms with Crippen LogP contribution in [0.5, 0.6) is 0 Å². The van der Waals surface area contributed by atoms with Crippen LogP contribution in [0.3, 0.4) is 0 Å². The average Bonchev–Trinajstić information content (AvgIpc) is 2.64. The van der Waals surface area contributed by atoms with Crippen LogP contribution in [0.4, 0.5) is 0 Å². The molecule has 0 aliphatic carbocycles. The van der Waals surface area contributed by atoms with Crippen LogP contribution in [0.1, 0.15) is 18.7 Å². The van der Waals surface area contributed by atoms with E-state index in [1.54, 1.807) is 11.2 Å². The van der Waals surface area contributed by atoms with E-state index in [1.165, 1.54) is 0 Å². The summed E-state index contributed by atoms with van der Waals surface area (Å²) in [5.74, 6) is 0. The van der Waals surface area contributed by atoms with Gasteiger partial charge < -0.3 is 0 Å². The molecule has 2 rings (SSSR count). The van der Waals surface area contributed by atoms with E-state index in [0.29, 0.717) is 10.0 Å². The van der Waals surface area contributed by atoms with Gasteiger partial charge in [-0.3, -0.25) is 0 Å². The molecular formula is C9H10Cl2N4. The quantitative estimate of drug-likeness (QED) is 0.868. The van der Waals surface area contributed by atoms with Gasteiger partial charge in [-0.2, -0.15) is 5.43 Å². The van der Waals surface area contributed by atoms with Crippen molar-refractivity contribution in [2.75, 3.05) is 6.54 Å². The predicted octanol–water partition coefficient (Wildman–Crippen LogP) is 3.20. The Bertz CT molecular complexity index is 373. The Kier molecular flexibility index (Phi) is 3.09. The van der Waals surface area contributed by atoms with Crippen molar-refractivity contribution in [3.63, 3.8) is 0 Å². The minimum Gasteiger partial charge on any atom is -0.209 e. The molecule has 6 heteroatoms. The monoisotopic (exact) mass is 244 g/mol. The van der Waals surface area contributed by atoms with Crippen molar-refractivity contribution in [2.45, 2.75) is 13.1 Å². The van der Waals surface area contributed by atoms with Crippen LogP contribution < -0.4 is 5.43 Å². The minimum atomic E-state index is -0.193. The summed E-state index contributed by atoms with van der Waals surface area (Å²) in [6.07, 6.45) is -0.193. The zero-order valence-electron chi connectivity index (χ0n) is 8.11. The molecule has 0 saturated heterocycles. The van der Waals surface area contributed by atoms with Crippen LogP contribution in [0.2, 0.25) is 10.0 Å². The summed E-state index contributed by atoms with van der Waals surface area (Å²) in [5, 5.41) is 10.9. The number of benzene rings is 1.